The summed E-state index contributed by atoms with van der Waals surface area (Å²) in [4.78, 5) is 14.8. The Balaban J connectivity index is 2.45. The molecule has 0 aliphatic heterocycles. The van der Waals surface area contributed by atoms with Gasteiger partial charge in [-0.2, -0.15) is 0 Å². The highest BCUT2D eigenvalue weighted by atomic mass is 35.5. The van der Waals surface area contributed by atoms with E-state index in [0.29, 0.717) is 16.6 Å². The fraction of sp³-hybridized carbons (Fsp3) is 0.529. The highest BCUT2D eigenvalue weighted by Gasteiger charge is 2.46. The van der Waals surface area contributed by atoms with Crippen molar-refractivity contribution in [2.24, 2.45) is 0 Å². The fourth-order valence-electron chi connectivity index (χ4n) is 3.15. The Morgan fingerprint density at radius 3 is 2.77 bits per heavy atom. The molecule has 0 aromatic heterocycles. The number of ketones is 1. The number of halogens is 1. The minimum Gasteiger partial charge on any atom is -0.363 e. The van der Waals surface area contributed by atoms with E-state index in [-0.39, 0.29) is 5.78 Å². The number of thiocarbonyl (C=S) groups is 1. The van der Waals surface area contributed by atoms with Crippen LogP contribution in [0.25, 0.3) is 0 Å². The molecule has 1 aliphatic rings. The largest absolute Gasteiger partial charge is 0.363 e. The smallest absolute Gasteiger partial charge is 0.169 e. The fourth-order valence-corrected chi connectivity index (χ4v) is 3.70. The zero-order valence-electron chi connectivity index (χ0n) is 13.2. The quantitative estimate of drug-likeness (QED) is 0.844. The summed E-state index contributed by atoms with van der Waals surface area (Å²) >= 11 is 11.9. The summed E-state index contributed by atoms with van der Waals surface area (Å²) in [6.45, 7) is 2.89. The predicted molar refractivity (Wildman–Crippen MR) is 95.3 cm³/mol. The van der Waals surface area contributed by atoms with Gasteiger partial charge in [0, 0.05) is 30.6 Å². The molecule has 1 saturated carbocycles. The topological polar surface area (TPSA) is 32.3 Å². The molecule has 1 aromatic carbocycles. The second-order valence-electron chi connectivity index (χ2n) is 5.76. The van der Waals surface area contributed by atoms with Gasteiger partial charge in [-0.1, -0.05) is 36.7 Å². The molecular weight excluding hydrogens is 316 g/mol. The Morgan fingerprint density at radius 1 is 1.41 bits per heavy atom. The number of rotatable bonds is 4. The standard InChI is InChI=1S/C17H23ClN2OS/c1-3-12-19-16(22)20(2)17(11-7-6-10-15(17)21)13-8-4-5-9-14(13)18/h4-5,8-9H,3,6-7,10-12H2,1-2H3,(H,19,22)/t17-/m0/s1. The van der Waals surface area contributed by atoms with Crippen molar-refractivity contribution in [3.05, 3.63) is 34.9 Å². The molecule has 0 saturated heterocycles. The van der Waals surface area contributed by atoms with Crippen LogP contribution in [0.1, 0.15) is 44.6 Å². The zero-order chi connectivity index (χ0) is 16.2. The van der Waals surface area contributed by atoms with E-state index in [2.05, 4.69) is 12.2 Å². The van der Waals surface area contributed by atoms with E-state index in [4.69, 9.17) is 23.8 Å². The van der Waals surface area contributed by atoms with Crippen LogP contribution in [-0.2, 0) is 10.3 Å². The summed E-state index contributed by atoms with van der Waals surface area (Å²) in [6.07, 6.45) is 4.25. The van der Waals surface area contributed by atoms with Crippen molar-refractivity contribution in [2.75, 3.05) is 13.6 Å². The summed E-state index contributed by atoms with van der Waals surface area (Å²) in [5, 5.41) is 4.46. The number of carbonyl (C=O) groups excluding carboxylic acids is 1. The van der Waals surface area contributed by atoms with Crippen LogP contribution in [0.4, 0.5) is 0 Å². The Kier molecular flexibility index (Phi) is 5.81. The van der Waals surface area contributed by atoms with Gasteiger partial charge in [-0.05, 0) is 44.0 Å². The molecule has 0 unspecified atom stereocenters. The van der Waals surface area contributed by atoms with Gasteiger partial charge in [0.05, 0.1) is 0 Å². The lowest BCUT2D eigenvalue weighted by Crippen LogP contribution is -2.56. The van der Waals surface area contributed by atoms with Crippen LogP contribution in [0, 0.1) is 0 Å². The Bertz CT molecular complexity index is 563. The highest BCUT2D eigenvalue weighted by molar-refractivity contribution is 7.80. The van der Waals surface area contributed by atoms with Crippen LogP contribution in [0.15, 0.2) is 24.3 Å². The van der Waals surface area contributed by atoms with Gasteiger partial charge in [-0.25, -0.2) is 0 Å². The summed E-state index contributed by atoms with van der Waals surface area (Å²) < 4.78 is 0. The van der Waals surface area contributed by atoms with Crippen molar-refractivity contribution in [2.45, 2.75) is 44.6 Å². The molecule has 1 aromatic rings. The van der Waals surface area contributed by atoms with Crippen molar-refractivity contribution in [3.8, 4) is 0 Å². The van der Waals surface area contributed by atoms with Gasteiger partial charge >= 0.3 is 0 Å². The molecule has 3 nitrogen and oxygen atoms in total. The maximum absolute atomic E-state index is 12.9. The third-order valence-electron chi connectivity index (χ3n) is 4.38. The van der Waals surface area contributed by atoms with Crippen LogP contribution in [0.5, 0.6) is 0 Å². The van der Waals surface area contributed by atoms with Gasteiger partial charge in [0.15, 0.2) is 10.9 Å². The van der Waals surface area contributed by atoms with E-state index in [1.165, 1.54) is 0 Å². The molecule has 1 aliphatic carbocycles. The van der Waals surface area contributed by atoms with Crippen LogP contribution in [0.3, 0.4) is 0 Å². The van der Waals surface area contributed by atoms with E-state index in [0.717, 1.165) is 37.8 Å². The average molecular weight is 339 g/mol. The lowest BCUT2D eigenvalue weighted by Gasteiger charge is -2.45. The van der Waals surface area contributed by atoms with Gasteiger partial charge in [-0.3, -0.25) is 4.79 Å². The molecular formula is C17H23ClN2OS. The van der Waals surface area contributed by atoms with Crippen molar-refractivity contribution in [3.63, 3.8) is 0 Å². The van der Waals surface area contributed by atoms with Crippen LogP contribution < -0.4 is 5.32 Å². The number of hydrogen-bond acceptors (Lipinski definition) is 2. The molecule has 2 rings (SSSR count). The predicted octanol–water partition coefficient (Wildman–Crippen LogP) is 3.89. The maximum atomic E-state index is 12.9. The van der Waals surface area contributed by atoms with Crippen LogP contribution in [-0.4, -0.2) is 29.4 Å². The van der Waals surface area contributed by atoms with Gasteiger partial charge in [0.1, 0.15) is 5.54 Å². The molecule has 120 valence electrons. The number of benzene rings is 1. The Labute approximate surface area is 143 Å². The monoisotopic (exact) mass is 338 g/mol. The molecule has 0 amide bonds. The van der Waals surface area contributed by atoms with E-state index in [9.17, 15) is 4.79 Å². The first kappa shape index (κ1) is 17.2. The number of likely N-dealkylation sites (N-methyl/N-ethyl adjacent to an activating group) is 1. The van der Waals surface area contributed by atoms with E-state index < -0.39 is 5.54 Å². The minimum absolute atomic E-state index is 0.204. The summed E-state index contributed by atoms with van der Waals surface area (Å²) in [6, 6.07) is 7.61. The first-order valence-corrected chi connectivity index (χ1v) is 8.62. The second-order valence-corrected chi connectivity index (χ2v) is 6.56. The molecule has 1 fully saturated rings. The van der Waals surface area contributed by atoms with E-state index >= 15 is 0 Å². The lowest BCUT2D eigenvalue weighted by atomic mass is 9.74. The molecule has 0 heterocycles. The van der Waals surface area contributed by atoms with Gasteiger partial charge in [-0.15, -0.1) is 0 Å². The first-order chi connectivity index (χ1) is 10.5. The Hall–Kier alpha value is -1.13. The summed E-state index contributed by atoms with van der Waals surface area (Å²) in [5.41, 5.74) is 0.124. The number of nitrogens with zero attached hydrogens (tertiary/aromatic N) is 1. The van der Waals surface area contributed by atoms with Gasteiger partial charge < -0.3 is 10.2 Å². The molecule has 1 atom stereocenters. The van der Waals surface area contributed by atoms with Gasteiger partial charge in [0.2, 0.25) is 0 Å². The van der Waals surface area contributed by atoms with Crippen molar-refractivity contribution >= 4 is 34.7 Å². The van der Waals surface area contributed by atoms with Crippen molar-refractivity contribution in [1.82, 2.24) is 10.2 Å². The zero-order valence-corrected chi connectivity index (χ0v) is 14.8. The summed E-state index contributed by atoms with van der Waals surface area (Å²) in [7, 11) is 1.90. The van der Waals surface area contributed by atoms with Crippen molar-refractivity contribution in [1.29, 1.82) is 0 Å². The molecule has 0 spiro atoms. The Morgan fingerprint density at radius 2 is 2.14 bits per heavy atom. The maximum Gasteiger partial charge on any atom is 0.169 e. The van der Waals surface area contributed by atoms with E-state index in [1.807, 2.05) is 36.2 Å². The molecule has 1 N–H and O–H groups in total. The second kappa shape index (κ2) is 7.42. The highest BCUT2D eigenvalue weighted by Crippen LogP contribution is 2.42. The summed E-state index contributed by atoms with van der Waals surface area (Å²) in [5.74, 6) is 0.204. The number of hydrogen-bond donors (Lipinski definition) is 1. The van der Waals surface area contributed by atoms with Crippen LogP contribution >= 0.6 is 23.8 Å². The number of nitrogens with one attached hydrogen (secondary N) is 1. The van der Waals surface area contributed by atoms with E-state index in [1.54, 1.807) is 0 Å². The number of Topliss-reactive ketones (excluding diaryl/α,β-unsaturated/α-hetero) is 1. The third-order valence-corrected chi connectivity index (χ3v) is 5.12. The lowest BCUT2D eigenvalue weighted by molar-refractivity contribution is -0.131. The minimum atomic E-state index is -0.742. The first-order valence-electron chi connectivity index (χ1n) is 7.84. The normalized spacial score (nSPS) is 21.5. The third kappa shape index (κ3) is 3.13. The molecule has 22 heavy (non-hydrogen) atoms. The van der Waals surface area contributed by atoms with Crippen LogP contribution in [0.2, 0.25) is 5.02 Å². The molecule has 5 heteroatoms. The molecule has 0 bridgehead atoms. The molecule has 0 radical (unpaired) electrons. The van der Waals surface area contributed by atoms with Gasteiger partial charge in [0.25, 0.3) is 0 Å². The van der Waals surface area contributed by atoms with Crippen molar-refractivity contribution < 1.29 is 4.79 Å². The SMILES string of the molecule is CCCNC(=S)N(C)[C@]1(c2ccccc2Cl)CCCCC1=O. The average Bonchev–Trinajstić information content (AvgIpc) is 2.53. The number of carbonyl (C=O) groups is 1.